The molecule has 1 aliphatic heterocycles. The summed E-state index contributed by atoms with van der Waals surface area (Å²) in [4.78, 5) is 15.1. The van der Waals surface area contributed by atoms with Crippen LogP contribution in [0.2, 0.25) is 0 Å². The van der Waals surface area contributed by atoms with Crippen molar-refractivity contribution in [2.45, 2.75) is 13.0 Å². The van der Waals surface area contributed by atoms with Gasteiger partial charge in [0.1, 0.15) is 5.69 Å². The summed E-state index contributed by atoms with van der Waals surface area (Å²) in [6.45, 7) is 1.13. The van der Waals surface area contributed by atoms with Gasteiger partial charge in [-0.05, 0) is 33.5 Å². The Bertz CT molecular complexity index is 393. The highest BCUT2D eigenvalue weighted by atomic mass is 79.9. The predicted octanol–water partition coefficient (Wildman–Crippen LogP) is 1.02. The number of aromatic nitrogens is 1. The van der Waals surface area contributed by atoms with Crippen LogP contribution in [0.4, 0.5) is 0 Å². The lowest BCUT2D eigenvalue weighted by Gasteiger charge is -2.19. The van der Waals surface area contributed by atoms with Crippen molar-refractivity contribution in [2.75, 3.05) is 6.61 Å². The first-order valence-corrected chi connectivity index (χ1v) is 5.03. The summed E-state index contributed by atoms with van der Waals surface area (Å²) in [6, 6.07) is 0. The highest BCUT2D eigenvalue weighted by Gasteiger charge is 2.19. The molecule has 0 saturated carbocycles. The Morgan fingerprint density at radius 1 is 1.57 bits per heavy atom. The first kappa shape index (κ1) is 9.61. The summed E-state index contributed by atoms with van der Waals surface area (Å²) >= 11 is 3.37. The molecule has 14 heavy (non-hydrogen) atoms. The van der Waals surface area contributed by atoms with Gasteiger partial charge in [0.15, 0.2) is 0 Å². The number of halogens is 1. The standard InChI is InChI=1S/C9H9BrN2O2/c10-7-3-12-8(9(11)13)5-1-2-14-4-6(5)7/h3H,1-2,4H2,(H2,11,13). The number of pyridine rings is 1. The lowest BCUT2D eigenvalue weighted by Crippen LogP contribution is -2.21. The van der Waals surface area contributed by atoms with E-state index < -0.39 is 5.91 Å². The van der Waals surface area contributed by atoms with Crippen molar-refractivity contribution in [3.05, 3.63) is 27.5 Å². The largest absolute Gasteiger partial charge is 0.376 e. The number of nitrogens with zero attached hydrogens (tertiary/aromatic N) is 1. The Kier molecular flexibility index (Phi) is 2.52. The number of nitrogens with two attached hydrogens (primary N) is 1. The van der Waals surface area contributed by atoms with Gasteiger partial charge in [0.25, 0.3) is 5.91 Å². The minimum atomic E-state index is -0.476. The molecule has 0 aliphatic carbocycles. The molecule has 5 heteroatoms. The number of ether oxygens (including phenoxy) is 1. The molecule has 0 aromatic carbocycles. The minimum absolute atomic E-state index is 0.367. The maximum absolute atomic E-state index is 11.1. The molecule has 0 saturated heterocycles. The molecule has 0 atom stereocenters. The number of hydrogen-bond donors (Lipinski definition) is 1. The highest BCUT2D eigenvalue weighted by molar-refractivity contribution is 9.10. The van der Waals surface area contributed by atoms with Gasteiger partial charge < -0.3 is 10.5 Å². The number of fused-ring (bicyclic) bond motifs is 1. The van der Waals surface area contributed by atoms with Crippen molar-refractivity contribution in [3.8, 4) is 0 Å². The highest BCUT2D eigenvalue weighted by Crippen LogP contribution is 2.26. The normalized spacial score (nSPS) is 14.9. The van der Waals surface area contributed by atoms with Crippen molar-refractivity contribution in [1.82, 2.24) is 4.98 Å². The van der Waals surface area contributed by atoms with E-state index in [1.807, 2.05) is 0 Å². The number of hydrogen-bond acceptors (Lipinski definition) is 3. The predicted molar refractivity (Wildman–Crippen MR) is 53.8 cm³/mol. The van der Waals surface area contributed by atoms with Crippen LogP contribution in [0.25, 0.3) is 0 Å². The van der Waals surface area contributed by atoms with E-state index in [-0.39, 0.29) is 0 Å². The molecule has 0 unspecified atom stereocenters. The molecule has 74 valence electrons. The minimum Gasteiger partial charge on any atom is -0.376 e. The first-order valence-electron chi connectivity index (χ1n) is 4.24. The van der Waals surface area contributed by atoms with Crippen molar-refractivity contribution in [2.24, 2.45) is 5.73 Å². The molecule has 0 fully saturated rings. The Balaban J connectivity index is 2.59. The van der Waals surface area contributed by atoms with Crippen LogP contribution in [0.3, 0.4) is 0 Å². The van der Waals surface area contributed by atoms with Crippen molar-refractivity contribution >= 4 is 21.8 Å². The van der Waals surface area contributed by atoms with E-state index in [1.165, 1.54) is 0 Å². The second-order valence-corrected chi connectivity index (χ2v) is 3.93. The van der Waals surface area contributed by atoms with Gasteiger partial charge in [-0.2, -0.15) is 0 Å². The molecule has 1 aliphatic rings. The van der Waals surface area contributed by atoms with Gasteiger partial charge in [0.05, 0.1) is 13.2 Å². The summed E-state index contributed by atoms with van der Waals surface area (Å²) in [5, 5.41) is 0. The van der Waals surface area contributed by atoms with E-state index in [0.717, 1.165) is 15.6 Å². The number of amides is 1. The summed E-state index contributed by atoms with van der Waals surface area (Å²) < 4.78 is 6.17. The monoisotopic (exact) mass is 256 g/mol. The van der Waals surface area contributed by atoms with Gasteiger partial charge in [0, 0.05) is 10.7 Å². The molecule has 2 rings (SSSR count). The second-order valence-electron chi connectivity index (χ2n) is 3.08. The average Bonchev–Trinajstić information content (AvgIpc) is 2.18. The molecule has 4 nitrogen and oxygen atoms in total. The average molecular weight is 257 g/mol. The molecule has 1 aromatic rings. The van der Waals surface area contributed by atoms with E-state index in [2.05, 4.69) is 20.9 Å². The van der Waals surface area contributed by atoms with Crippen LogP contribution in [0.1, 0.15) is 21.6 Å². The zero-order valence-corrected chi connectivity index (χ0v) is 9.00. The molecule has 0 bridgehead atoms. The van der Waals surface area contributed by atoms with Gasteiger partial charge in [0.2, 0.25) is 0 Å². The molecule has 1 amide bonds. The lowest BCUT2D eigenvalue weighted by atomic mass is 10.0. The Hall–Kier alpha value is -0.940. The third kappa shape index (κ3) is 1.53. The SMILES string of the molecule is NC(=O)c1ncc(Br)c2c1CCOC2. The molecule has 1 aromatic heterocycles. The fourth-order valence-corrected chi connectivity index (χ4v) is 2.01. The summed E-state index contributed by atoms with van der Waals surface area (Å²) in [6.07, 6.45) is 2.29. The summed E-state index contributed by atoms with van der Waals surface area (Å²) in [7, 11) is 0. The number of carbonyl (C=O) groups excluding carboxylic acids is 1. The van der Waals surface area contributed by atoms with Gasteiger partial charge >= 0.3 is 0 Å². The third-order valence-electron chi connectivity index (χ3n) is 2.22. The maximum atomic E-state index is 11.1. The summed E-state index contributed by atoms with van der Waals surface area (Å²) in [5.74, 6) is -0.476. The first-order chi connectivity index (χ1) is 6.70. The molecule has 2 N–H and O–H groups in total. The van der Waals surface area contributed by atoms with Crippen LogP contribution >= 0.6 is 15.9 Å². The molecular weight excluding hydrogens is 248 g/mol. The summed E-state index contributed by atoms with van der Waals surface area (Å²) in [5.41, 5.74) is 7.50. The molecule has 2 heterocycles. The van der Waals surface area contributed by atoms with Crippen LogP contribution in [-0.2, 0) is 17.8 Å². The number of rotatable bonds is 1. The van der Waals surface area contributed by atoms with E-state index >= 15 is 0 Å². The zero-order valence-electron chi connectivity index (χ0n) is 7.42. The van der Waals surface area contributed by atoms with Crippen LogP contribution in [0, 0.1) is 0 Å². The number of primary amides is 1. The van der Waals surface area contributed by atoms with E-state index in [9.17, 15) is 4.79 Å². The quantitative estimate of drug-likeness (QED) is 0.816. The van der Waals surface area contributed by atoms with Crippen LogP contribution < -0.4 is 5.73 Å². The smallest absolute Gasteiger partial charge is 0.267 e. The lowest BCUT2D eigenvalue weighted by molar-refractivity contribution is 0.0977. The van der Waals surface area contributed by atoms with Gasteiger partial charge in [-0.25, -0.2) is 4.98 Å². The van der Waals surface area contributed by atoms with Crippen LogP contribution in [0.15, 0.2) is 10.7 Å². The Morgan fingerprint density at radius 2 is 2.36 bits per heavy atom. The fraction of sp³-hybridized carbons (Fsp3) is 0.333. The number of carbonyl (C=O) groups is 1. The topological polar surface area (TPSA) is 65.2 Å². The molecule has 0 radical (unpaired) electrons. The molecular formula is C9H9BrN2O2. The van der Waals surface area contributed by atoms with Crippen molar-refractivity contribution in [1.29, 1.82) is 0 Å². The van der Waals surface area contributed by atoms with Crippen molar-refractivity contribution in [3.63, 3.8) is 0 Å². The van der Waals surface area contributed by atoms with Crippen molar-refractivity contribution < 1.29 is 9.53 Å². The fourth-order valence-electron chi connectivity index (χ4n) is 1.55. The second kappa shape index (κ2) is 3.67. The van der Waals surface area contributed by atoms with Gasteiger partial charge in [-0.15, -0.1) is 0 Å². The van der Waals surface area contributed by atoms with Crippen LogP contribution in [-0.4, -0.2) is 17.5 Å². The van der Waals surface area contributed by atoms with Crippen LogP contribution in [0.5, 0.6) is 0 Å². The maximum Gasteiger partial charge on any atom is 0.267 e. The Labute approximate surface area is 89.6 Å². The Morgan fingerprint density at radius 3 is 3.07 bits per heavy atom. The van der Waals surface area contributed by atoms with Gasteiger partial charge in [-0.3, -0.25) is 4.79 Å². The van der Waals surface area contributed by atoms with E-state index in [4.69, 9.17) is 10.5 Å². The van der Waals surface area contributed by atoms with E-state index in [0.29, 0.717) is 25.3 Å². The van der Waals surface area contributed by atoms with E-state index in [1.54, 1.807) is 6.20 Å². The third-order valence-corrected chi connectivity index (χ3v) is 2.90. The zero-order chi connectivity index (χ0) is 10.1. The molecule has 0 spiro atoms. The van der Waals surface area contributed by atoms with Gasteiger partial charge in [-0.1, -0.05) is 0 Å².